The van der Waals surface area contributed by atoms with Crippen molar-refractivity contribution < 1.29 is 13.9 Å². The summed E-state index contributed by atoms with van der Waals surface area (Å²) in [4.78, 5) is 0.974. The third kappa shape index (κ3) is 2.91. The van der Waals surface area contributed by atoms with Crippen molar-refractivity contribution in [3.8, 4) is 0 Å². The van der Waals surface area contributed by atoms with Gasteiger partial charge in [-0.3, -0.25) is 0 Å². The summed E-state index contributed by atoms with van der Waals surface area (Å²) in [5, 5.41) is 11.8. The molecule has 0 radical (unpaired) electrons. The van der Waals surface area contributed by atoms with E-state index in [-0.39, 0.29) is 0 Å². The molecule has 0 bridgehead atoms. The van der Waals surface area contributed by atoms with Crippen LogP contribution in [0.5, 0.6) is 0 Å². The lowest BCUT2D eigenvalue weighted by Gasteiger charge is -2.10. The summed E-state index contributed by atoms with van der Waals surface area (Å²) in [5.74, 6) is -1.84. The molecule has 1 unspecified atom stereocenters. The Bertz CT molecular complexity index is 527. The van der Waals surface area contributed by atoms with Gasteiger partial charge in [0.15, 0.2) is 11.6 Å². The molecule has 0 saturated carbocycles. The monoisotopic (exact) mass is 318 g/mol. The Morgan fingerprint density at radius 2 is 2.00 bits per heavy atom. The lowest BCUT2D eigenvalue weighted by atomic mass is 10.1. The number of thiophene rings is 1. The van der Waals surface area contributed by atoms with Crippen molar-refractivity contribution in [2.24, 2.45) is 0 Å². The maximum absolute atomic E-state index is 13.0. The molecule has 0 saturated heterocycles. The van der Waals surface area contributed by atoms with Gasteiger partial charge in [-0.25, -0.2) is 8.78 Å². The Hall–Kier alpha value is -0.780. The van der Waals surface area contributed by atoms with Gasteiger partial charge in [-0.1, -0.05) is 6.07 Å². The quantitative estimate of drug-likeness (QED) is 0.904. The molecule has 0 spiro atoms. The molecule has 1 aromatic carbocycles. The van der Waals surface area contributed by atoms with Crippen molar-refractivity contribution in [1.82, 2.24) is 0 Å². The Morgan fingerprint density at radius 3 is 2.59 bits per heavy atom. The predicted molar refractivity (Wildman–Crippen MR) is 67.0 cm³/mol. The fraction of sp³-hybridized carbons (Fsp3) is 0.167. The van der Waals surface area contributed by atoms with Crippen LogP contribution in [0.4, 0.5) is 8.78 Å². The van der Waals surface area contributed by atoms with Crippen LogP contribution in [-0.4, -0.2) is 5.11 Å². The average Bonchev–Trinajstić information content (AvgIpc) is 2.68. The Balaban J connectivity index is 2.17. The largest absolute Gasteiger partial charge is 0.388 e. The molecule has 90 valence electrons. The molecule has 2 rings (SSSR count). The summed E-state index contributed by atoms with van der Waals surface area (Å²) in [5.41, 5.74) is 0.379. The number of hydrogen-bond donors (Lipinski definition) is 1. The van der Waals surface area contributed by atoms with Crippen LogP contribution in [0.25, 0.3) is 0 Å². The van der Waals surface area contributed by atoms with E-state index >= 15 is 0 Å². The third-order valence-corrected chi connectivity index (χ3v) is 4.35. The van der Waals surface area contributed by atoms with Crippen LogP contribution < -0.4 is 0 Å². The van der Waals surface area contributed by atoms with Gasteiger partial charge in [-0.05, 0) is 45.1 Å². The zero-order valence-electron chi connectivity index (χ0n) is 8.66. The smallest absolute Gasteiger partial charge is 0.159 e. The van der Waals surface area contributed by atoms with Crippen molar-refractivity contribution in [2.45, 2.75) is 12.5 Å². The highest BCUT2D eigenvalue weighted by atomic mass is 79.9. The zero-order chi connectivity index (χ0) is 12.4. The number of hydrogen-bond acceptors (Lipinski definition) is 2. The van der Waals surface area contributed by atoms with E-state index in [2.05, 4.69) is 15.9 Å². The van der Waals surface area contributed by atoms with Gasteiger partial charge in [0.2, 0.25) is 0 Å². The molecule has 5 heteroatoms. The fourth-order valence-electron chi connectivity index (χ4n) is 1.48. The van der Waals surface area contributed by atoms with Crippen LogP contribution in [0.3, 0.4) is 0 Å². The van der Waals surface area contributed by atoms with Crippen molar-refractivity contribution >= 4 is 27.3 Å². The van der Waals surface area contributed by atoms with Crippen LogP contribution >= 0.6 is 27.3 Å². The Morgan fingerprint density at radius 1 is 1.24 bits per heavy atom. The summed E-state index contributed by atoms with van der Waals surface area (Å²) in [6.45, 7) is 0. The standard InChI is InChI=1S/C12H9BrF2OS/c13-8-3-4-17-12(8)6-11(16)7-1-2-9(14)10(15)5-7/h1-5,11,16H,6H2. The van der Waals surface area contributed by atoms with E-state index in [1.807, 2.05) is 11.4 Å². The number of aliphatic hydroxyl groups is 1. The molecule has 1 N–H and O–H groups in total. The van der Waals surface area contributed by atoms with Gasteiger partial charge in [0, 0.05) is 15.8 Å². The van der Waals surface area contributed by atoms with Crippen molar-refractivity contribution in [3.63, 3.8) is 0 Å². The maximum Gasteiger partial charge on any atom is 0.159 e. The number of benzene rings is 1. The van der Waals surface area contributed by atoms with E-state index in [1.165, 1.54) is 17.4 Å². The van der Waals surface area contributed by atoms with E-state index in [1.54, 1.807) is 0 Å². The number of rotatable bonds is 3. The van der Waals surface area contributed by atoms with Gasteiger partial charge in [0.1, 0.15) is 0 Å². The molecule has 2 aromatic rings. The maximum atomic E-state index is 13.0. The lowest BCUT2D eigenvalue weighted by Crippen LogP contribution is -2.02. The first kappa shape index (κ1) is 12.7. The lowest BCUT2D eigenvalue weighted by molar-refractivity contribution is 0.178. The number of aliphatic hydroxyl groups excluding tert-OH is 1. The summed E-state index contributed by atoms with van der Waals surface area (Å²) in [6, 6.07) is 5.33. The molecule has 1 aromatic heterocycles. The first-order valence-corrected chi connectivity index (χ1v) is 6.60. The minimum absolute atomic E-state index is 0.378. The molecule has 0 aliphatic carbocycles. The van der Waals surface area contributed by atoms with Crippen LogP contribution in [0.15, 0.2) is 34.1 Å². The summed E-state index contributed by atoms with van der Waals surface area (Å²) in [7, 11) is 0. The highest BCUT2D eigenvalue weighted by Gasteiger charge is 2.13. The van der Waals surface area contributed by atoms with E-state index in [4.69, 9.17) is 0 Å². The second-order valence-corrected chi connectivity index (χ2v) is 5.44. The van der Waals surface area contributed by atoms with E-state index < -0.39 is 17.7 Å². The first-order valence-electron chi connectivity index (χ1n) is 4.93. The predicted octanol–water partition coefficient (Wildman–Crippen LogP) is 4.06. The third-order valence-electron chi connectivity index (χ3n) is 2.40. The zero-order valence-corrected chi connectivity index (χ0v) is 11.1. The van der Waals surface area contributed by atoms with Crippen LogP contribution in [-0.2, 0) is 6.42 Å². The highest BCUT2D eigenvalue weighted by Crippen LogP contribution is 2.28. The molecular formula is C12H9BrF2OS. The summed E-state index contributed by atoms with van der Waals surface area (Å²) < 4.78 is 26.7. The van der Waals surface area contributed by atoms with E-state index in [9.17, 15) is 13.9 Å². The molecule has 1 heterocycles. The fourth-order valence-corrected chi connectivity index (χ4v) is 3.04. The summed E-state index contributed by atoms with van der Waals surface area (Å²) in [6.07, 6.45) is -0.455. The van der Waals surface area contributed by atoms with E-state index in [0.717, 1.165) is 21.5 Å². The SMILES string of the molecule is OC(Cc1sccc1Br)c1ccc(F)c(F)c1. The van der Waals surface area contributed by atoms with Crippen molar-refractivity contribution in [1.29, 1.82) is 0 Å². The molecule has 0 fully saturated rings. The normalized spacial score (nSPS) is 12.7. The second kappa shape index (κ2) is 5.25. The van der Waals surface area contributed by atoms with Gasteiger partial charge < -0.3 is 5.11 Å². The second-order valence-electron chi connectivity index (χ2n) is 3.59. The molecule has 1 nitrogen and oxygen atoms in total. The highest BCUT2D eigenvalue weighted by molar-refractivity contribution is 9.10. The van der Waals surface area contributed by atoms with Gasteiger partial charge in [-0.15, -0.1) is 11.3 Å². The van der Waals surface area contributed by atoms with Gasteiger partial charge in [0.05, 0.1) is 6.10 Å². The molecule has 1 atom stereocenters. The molecule has 0 amide bonds. The minimum Gasteiger partial charge on any atom is -0.388 e. The van der Waals surface area contributed by atoms with Crippen molar-refractivity contribution in [3.05, 3.63) is 56.2 Å². The van der Waals surface area contributed by atoms with Crippen LogP contribution in [0.2, 0.25) is 0 Å². The molecular weight excluding hydrogens is 310 g/mol. The topological polar surface area (TPSA) is 20.2 Å². The summed E-state index contributed by atoms with van der Waals surface area (Å²) >= 11 is 4.86. The molecule has 17 heavy (non-hydrogen) atoms. The van der Waals surface area contributed by atoms with Gasteiger partial charge in [0.25, 0.3) is 0 Å². The molecule has 0 aliphatic heterocycles. The van der Waals surface area contributed by atoms with Gasteiger partial charge in [-0.2, -0.15) is 0 Å². The Kier molecular flexibility index (Phi) is 3.91. The Labute approximate surface area is 110 Å². The average molecular weight is 319 g/mol. The van der Waals surface area contributed by atoms with Crippen LogP contribution in [0, 0.1) is 11.6 Å². The number of halogens is 3. The van der Waals surface area contributed by atoms with Gasteiger partial charge >= 0.3 is 0 Å². The first-order chi connectivity index (χ1) is 8.08. The minimum atomic E-state index is -0.938. The van der Waals surface area contributed by atoms with Crippen molar-refractivity contribution in [2.75, 3.05) is 0 Å². The van der Waals surface area contributed by atoms with Crippen LogP contribution in [0.1, 0.15) is 16.5 Å². The molecule has 0 aliphatic rings. The van der Waals surface area contributed by atoms with E-state index in [0.29, 0.717) is 12.0 Å².